The molecule has 3 rings (SSSR count). The first-order chi connectivity index (χ1) is 13.1. The lowest BCUT2D eigenvalue weighted by molar-refractivity contribution is -0.119. The summed E-state index contributed by atoms with van der Waals surface area (Å²) in [6.07, 6.45) is 1.15. The van der Waals surface area contributed by atoms with Gasteiger partial charge in [-0.25, -0.2) is 8.42 Å². The van der Waals surface area contributed by atoms with E-state index in [1.807, 2.05) is 12.1 Å². The number of carbonyl (C=O) groups is 1. The number of anilines is 1. The largest absolute Gasteiger partial charge is 0.325 e. The molecular formula is C21H25ClN2O3S. The Hall–Kier alpha value is -1.89. The Morgan fingerprint density at radius 1 is 1.07 bits per heavy atom. The van der Waals surface area contributed by atoms with Gasteiger partial charge in [-0.05, 0) is 60.2 Å². The van der Waals surface area contributed by atoms with Gasteiger partial charge in [0.15, 0.2) is 0 Å². The second kappa shape index (κ2) is 7.85. The fourth-order valence-corrected chi connectivity index (χ4v) is 5.09. The molecule has 0 aliphatic carbocycles. The highest BCUT2D eigenvalue weighted by atomic mass is 35.5. The van der Waals surface area contributed by atoms with Crippen molar-refractivity contribution in [1.29, 1.82) is 0 Å². The number of hydrogen-bond donors (Lipinski definition) is 1. The molecule has 150 valence electrons. The van der Waals surface area contributed by atoms with Crippen LogP contribution < -0.4 is 5.32 Å². The number of sulfonamides is 1. The standard InChI is InChI=1S/C21H25ClN2O3S/c1-21(2,3)15-6-12-18(13-7-15)28(26,27)24-14-4-5-19(24)20(25)23-17-10-8-16(22)9-11-17/h6-13,19H,4-5,14H2,1-3H3,(H,23,25)/t19-/m1/s1. The SMILES string of the molecule is CC(C)(C)c1ccc(S(=O)(=O)N2CCC[C@@H]2C(=O)Nc2ccc(Cl)cc2)cc1. The zero-order valence-electron chi connectivity index (χ0n) is 16.3. The molecule has 2 aromatic carbocycles. The quantitative estimate of drug-likeness (QED) is 0.795. The summed E-state index contributed by atoms with van der Waals surface area (Å²) in [4.78, 5) is 12.9. The van der Waals surface area contributed by atoms with Gasteiger partial charge in [0, 0.05) is 17.3 Å². The number of amides is 1. The molecular weight excluding hydrogens is 396 g/mol. The topological polar surface area (TPSA) is 66.5 Å². The molecule has 0 radical (unpaired) electrons. The van der Waals surface area contributed by atoms with Gasteiger partial charge >= 0.3 is 0 Å². The van der Waals surface area contributed by atoms with Gasteiger partial charge in [0.2, 0.25) is 15.9 Å². The Labute approximate surface area is 171 Å². The molecule has 1 heterocycles. The van der Waals surface area contributed by atoms with Gasteiger partial charge in [0.1, 0.15) is 6.04 Å². The van der Waals surface area contributed by atoms with Crippen LogP contribution in [0.25, 0.3) is 0 Å². The van der Waals surface area contributed by atoms with Crippen molar-refractivity contribution in [3.63, 3.8) is 0 Å². The van der Waals surface area contributed by atoms with E-state index in [-0.39, 0.29) is 16.2 Å². The second-order valence-electron chi connectivity index (χ2n) is 8.04. The van der Waals surface area contributed by atoms with Crippen molar-refractivity contribution < 1.29 is 13.2 Å². The maximum atomic E-state index is 13.1. The van der Waals surface area contributed by atoms with Crippen LogP contribution in [-0.4, -0.2) is 31.2 Å². The Balaban J connectivity index is 1.80. The highest BCUT2D eigenvalue weighted by Crippen LogP contribution is 2.29. The van der Waals surface area contributed by atoms with Crippen molar-refractivity contribution in [2.24, 2.45) is 0 Å². The highest BCUT2D eigenvalue weighted by Gasteiger charge is 2.39. The Bertz CT molecular complexity index is 949. The molecule has 0 bridgehead atoms. The van der Waals surface area contributed by atoms with Crippen molar-refractivity contribution in [2.75, 3.05) is 11.9 Å². The number of nitrogens with zero attached hydrogens (tertiary/aromatic N) is 1. The minimum Gasteiger partial charge on any atom is -0.325 e. The maximum Gasteiger partial charge on any atom is 0.243 e. The molecule has 0 aromatic heterocycles. The monoisotopic (exact) mass is 420 g/mol. The number of nitrogens with one attached hydrogen (secondary N) is 1. The van der Waals surface area contributed by atoms with Crippen molar-refractivity contribution >= 4 is 33.2 Å². The van der Waals surface area contributed by atoms with E-state index < -0.39 is 16.1 Å². The van der Waals surface area contributed by atoms with E-state index >= 15 is 0 Å². The van der Waals surface area contributed by atoms with Crippen LogP contribution in [0.1, 0.15) is 39.2 Å². The minimum absolute atomic E-state index is 0.0586. The van der Waals surface area contributed by atoms with E-state index in [0.29, 0.717) is 30.1 Å². The van der Waals surface area contributed by atoms with E-state index in [4.69, 9.17) is 11.6 Å². The third kappa shape index (κ3) is 4.40. The molecule has 0 unspecified atom stereocenters. The first kappa shape index (κ1) is 20.8. The fraction of sp³-hybridized carbons (Fsp3) is 0.381. The fourth-order valence-electron chi connectivity index (χ4n) is 3.31. The van der Waals surface area contributed by atoms with Crippen molar-refractivity contribution in [2.45, 2.75) is 50.0 Å². The van der Waals surface area contributed by atoms with E-state index in [9.17, 15) is 13.2 Å². The van der Waals surface area contributed by atoms with Gasteiger partial charge in [-0.1, -0.05) is 44.5 Å². The first-order valence-corrected chi connectivity index (χ1v) is 11.1. The molecule has 1 fully saturated rings. The highest BCUT2D eigenvalue weighted by molar-refractivity contribution is 7.89. The second-order valence-corrected chi connectivity index (χ2v) is 10.4. The predicted octanol–water partition coefficient (Wildman–Crippen LogP) is 4.43. The first-order valence-electron chi connectivity index (χ1n) is 9.28. The number of hydrogen-bond acceptors (Lipinski definition) is 3. The van der Waals surface area contributed by atoms with Gasteiger partial charge in [-0.2, -0.15) is 4.31 Å². The van der Waals surface area contributed by atoms with Crippen LogP contribution in [0.3, 0.4) is 0 Å². The van der Waals surface area contributed by atoms with E-state index in [0.717, 1.165) is 5.56 Å². The summed E-state index contributed by atoms with van der Waals surface area (Å²) < 4.78 is 27.6. The number of rotatable bonds is 4. The van der Waals surface area contributed by atoms with Gasteiger partial charge < -0.3 is 5.32 Å². The summed E-state index contributed by atoms with van der Waals surface area (Å²) in [5, 5.41) is 3.36. The van der Waals surface area contributed by atoms with Crippen LogP contribution >= 0.6 is 11.6 Å². The molecule has 1 amide bonds. The molecule has 1 aliphatic heterocycles. The molecule has 1 N–H and O–H groups in total. The maximum absolute atomic E-state index is 13.1. The molecule has 7 heteroatoms. The summed E-state index contributed by atoms with van der Waals surface area (Å²) in [5.74, 6) is -0.324. The van der Waals surface area contributed by atoms with Crippen LogP contribution in [0.4, 0.5) is 5.69 Å². The van der Waals surface area contributed by atoms with Crippen LogP contribution in [0.2, 0.25) is 5.02 Å². The normalized spacial score (nSPS) is 18.2. The van der Waals surface area contributed by atoms with Crippen LogP contribution in [0, 0.1) is 0 Å². The third-order valence-electron chi connectivity index (χ3n) is 4.95. The zero-order chi connectivity index (χ0) is 20.5. The average molecular weight is 421 g/mol. The lowest BCUT2D eigenvalue weighted by Crippen LogP contribution is -2.43. The van der Waals surface area contributed by atoms with Gasteiger partial charge in [0.25, 0.3) is 0 Å². The summed E-state index contributed by atoms with van der Waals surface area (Å²) in [6.45, 7) is 6.57. The smallest absolute Gasteiger partial charge is 0.243 e. The average Bonchev–Trinajstić information content (AvgIpc) is 3.14. The summed E-state index contributed by atoms with van der Waals surface area (Å²) in [7, 11) is -3.74. The Morgan fingerprint density at radius 3 is 2.25 bits per heavy atom. The summed E-state index contributed by atoms with van der Waals surface area (Å²) in [5.41, 5.74) is 1.59. The molecule has 1 saturated heterocycles. The lowest BCUT2D eigenvalue weighted by atomic mass is 9.87. The summed E-state index contributed by atoms with van der Waals surface area (Å²) >= 11 is 5.87. The Kier molecular flexibility index (Phi) is 5.84. The van der Waals surface area contributed by atoms with Crippen molar-refractivity contribution in [3.05, 3.63) is 59.1 Å². The third-order valence-corrected chi connectivity index (χ3v) is 7.12. The van der Waals surface area contributed by atoms with Gasteiger partial charge in [-0.3, -0.25) is 4.79 Å². The molecule has 1 atom stereocenters. The molecule has 0 spiro atoms. The van der Waals surface area contributed by atoms with E-state index in [1.165, 1.54) is 4.31 Å². The zero-order valence-corrected chi connectivity index (χ0v) is 17.8. The van der Waals surface area contributed by atoms with Gasteiger partial charge in [-0.15, -0.1) is 0 Å². The number of benzene rings is 2. The van der Waals surface area contributed by atoms with E-state index in [1.54, 1.807) is 36.4 Å². The molecule has 1 aliphatic rings. The number of halogens is 1. The Morgan fingerprint density at radius 2 is 1.68 bits per heavy atom. The molecule has 2 aromatic rings. The summed E-state index contributed by atoms with van der Waals surface area (Å²) in [6, 6.07) is 13.0. The van der Waals surface area contributed by atoms with Crippen LogP contribution in [0.5, 0.6) is 0 Å². The van der Waals surface area contributed by atoms with Crippen molar-refractivity contribution in [3.8, 4) is 0 Å². The van der Waals surface area contributed by atoms with Crippen LogP contribution in [-0.2, 0) is 20.2 Å². The lowest BCUT2D eigenvalue weighted by Gasteiger charge is -2.24. The van der Waals surface area contributed by atoms with Gasteiger partial charge in [0.05, 0.1) is 4.90 Å². The van der Waals surface area contributed by atoms with E-state index in [2.05, 4.69) is 26.1 Å². The van der Waals surface area contributed by atoms with Crippen molar-refractivity contribution in [1.82, 2.24) is 4.31 Å². The molecule has 0 saturated carbocycles. The number of carbonyl (C=O) groups excluding carboxylic acids is 1. The molecule has 28 heavy (non-hydrogen) atoms. The predicted molar refractivity (Wildman–Crippen MR) is 112 cm³/mol. The minimum atomic E-state index is -3.74. The molecule has 5 nitrogen and oxygen atoms in total. The van der Waals surface area contributed by atoms with Crippen LogP contribution in [0.15, 0.2) is 53.4 Å².